The van der Waals surface area contributed by atoms with Gasteiger partial charge in [-0.3, -0.25) is 4.79 Å². The summed E-state index contributed by atoms with van der Waals surface area (Å²) in [4.78, 5) is 13.0. The molecule has 32 heavy (non-hydrogen) atoms. The molecule has 0 amide bonds. The molecule has 0 radical (unpaired) electrons. The highest BCUT2D eigenvalue weighted by atomic mass is 16.6. The number of rotatable bonds is 5. The lowest BCUT2D eigenvalue weighted by atomic mass is 9.69. The van der Waals surface area contributed by atoms with Gasteiger partial charge in [-0.2, -0.15) is 0 Å². The third kappa shape index (κ3) is 2.49. The molecule has 3 nitrogen and oxygen atoms in total. The lowest BCUT2D eigenvalue weighted by Gasteiger charge is -2.35. The van der Waals surface area contributed by atoms with E-state index in [1.54, 1.807) is 0 Å². The highest BCUT2D eigenvalue weighted by Gasteiger charge is 2.62. The first-order chi connectivity index (χ1) is 15.6. The quantitative estimate of drug-likeness (QED) is 0.271. The van der Waals surface area contributed by atoms with Gasteiger partial charge in [-0.05, 0) is 83.9 Å². The van der Waals surface area contributed by atoms with Crippen LogP contribution in [0.1, 0.15) is 37.3 Å². The summed E-state index contributed by atoms with van der Waals surface area (Å²) >= 11 is 0. The molecule has 7 atom stereocenters. The Morgan fingerprint density at radius 1 is 0.875 bits per heavy atom. The molecule has 7 unspecified atom stereocenters. The summed E-state index contributed by atoms with van der Waals surface area (Å²) in [6.45, 7) is 2.87. The van der Waals surface area contributed by atoms with E-state index in [0.29, 0.717) is 19.1 Å². The van der Waals surface area contributed by atoms with Gasteiger partial charge in [0.1, 0.15) is 12.2 Å². The molecule has 2 aromatic rings. The molecule has 0 aliphatic heterocycles. The van der Waals surface area contributed by atoms with Crippen LogP contribution in [0.25, 0.3) is 11.1 Å². The molecule has 3 fully saturated rings. The summed E-state index contributed by atoms with van der Waals surface area (Å²) in [5.74, 6) is 4.52. The van der Waals surface area contributed by atoms with Crippen molar-refractivity contribution >= 4 is 5.97 Å². The van der Waals surface area contributed by atoms with Gasteiger partial charge >= 0.3 is 5.97 Å². The van der Waals surface area contributed by atoms with E-state index in [4.69, 9.17) is 9.47 Å². The molecule has 7 rings (SSSR count). The molecule has 0 saturated heterocycles. The van der Waals surface area contributed by atoms with Crippen LogP contribution in [0, 0.1) is 41.4 Å². The lowest BCUT2D eigenvalue weighted by Crippen LogP contribution is -2.35. The molecule has 3 heteroatoms. The Morgan fingerprint density at radius 3 is 2.25 bits per heavy atom. The van der Waals surface area contributed by atoms with Crippen LogP contribution in [0.15, 0.2) is 60.7 Å². The molecule has 5 aliphatic rings. The number of esters is 1. The molecular formula is C29H30O3. The predicted molar refractivity (Wildman–Crippen MR) is 123 cm³/mol. The van der Waals surface area contributed by atoms with Crippen molar-refractivity contribution in [3.05, 3.63) is 71.8 Å². The van der Waals surface area contributed by atoms with E-state index >= 15 is 0 Å². The Hall–Kier alpha value is -2.39. The van der Waals surface area contributed by atoms with Crippen molar-refractivity contribution in [2.24, 2.45) is 41.4 Å². The zero-order valence-corrected chi connectivity index (χ0v) is 18.6. The first-order valence-corrected chi connectivity index (χ1v) is 12.3. The smallest absolute Gasteiger partial charge is 0.309 e. The first-order valence-electron chi connectivity index (χ1n) is 12.3. The van der Waals surface area contributed by atoms with Crippen LogP contribution >= 0.6 is 0 Å². The molecule has 3 saturated carbocycles. The second-order valence-electron chi connectivity index (χ2n) is 10.7. The van der Waals surface area contributed by atoms with Gasteiger partial charge in [0.2, 0.25) is 0 Å². The molecule has 0 heterocycles. The molecule has 0 spiro atoms. The highest BCUT2D eigenvalue weighted by Crippen LogP contribution is 2.67. The third-order valence-electron chi connectivity index (χ3n) is 9.46. The largest absolute Gasteiger partial charge is 0.463 e. The van der Waals surface area contributed by atoms with Gasteiger partial charge in [-0.25, -0.2) is 0 Å². The van der Waals surface area contributed by atoms with Crippen LogP contribution in [0.2, 0.25) is 0 Å². The fourth-order valence-electron chi connectivity index (χ4n) is 8.35. The standard InChI is InChI=1S/C29H30O3/c1-29(24-8-4-2-6-20(24)21-7-3-5-9-25(21)29)32-13-12-31-28(30)23-16-19-15-22(23)27-18-11-10-17(14-18)26(19)27/h2-11,17-19,22-23,26-27H,12-16H2,1H3. The zero-order chi connectivity index (χ0) is 21.4. The Labute approximate surface area is 189 Å². The van der Waals surface area contributed by atoms with Gasteiger partial charge in [0, 0.05) is 0 Å². The van der Waals surface area contributed by atoms with Crippen LogP contribution in [-0.2, 0) is 19.9 Å². The van der Waals surface area contributed by atoms with Crippen molar-refractivity contribution in [1.82, 2.24) is 0 Å². The lowest BCUT2D eigenvalue weighted by molar-refractivity contribution is -0.154. The number of allylic oxidation sites excluding steroid dienone is 2. The van der Waals surface area contributed by atoms with E-state index in [1.807, 2.05) is 0 Å². The van der Waals surface area contributed by atoms with Crippen molar-refractivity contribution in [2.45, 2.75) is 31.8 Å². The number of hydrogen-bond donors (Lipinski definition) is 0. The molecule has 4 bridgehead atoms. The van der Waals surface area contributed by atoms with Crippen molar-refractivity contribution < 1.29 is 14.3 Å². The molecule has 5 aliphatic carbocycles. The fourth-order valence-corrected chi connectivity index (χ4v) is 8.35. The fraction of sp³-hybridized carbons (Fsp3) is 0.483. The van der Waals surface area contributed by atoms with E-state index in [2.05, 4.69) is 67.6 Å². The minimum absolute atomic E-state index is 0.0173. The van der Waals surface area contributed by atoms with E-state index in [0.717, 1.165) is 36.0 Å². The zero-order valence-electron chi connectivity index (χ0n) is 18.6. The number of carbonyl (C=O) groups is 1. The van der Waals surface area contributed by atoms with E-state index in [9.17, 15) is 4.79 Å². The SMILES string of the molecule is CC1(OCCOC(=O)C2CC3CC2C2C4C=CC(C4)C32)c2ccccc2-c2ccccc21. The van der Waals surface area contributed by atoms with Gasteiger partial charge in [-0.1, -0.05) is 60.7 Å². The van der Waals surface area contributed by atoms with Crippen LogP contribution in [0.4, 0.5) is 0 Å². The number of ether oxygens (including phenoxy) is 2. The van der Waals surface area contributed by atoms with Gasteiger partial charge in [0.05, 0.1) is 12.5 Å². The maximum absolute atomic E-state index is 13.0. The summed E-state index contributed by atoms with van der Waals surface area (Å²) in [7, 11) is 0. The summed E-state index contributed by atoms with van der Waals surface area (Å²) in [6.07, 6.45) is 8.50. The molecule has 2 aromatic carbocycles. The van der Waals surface area contributed by atoms with Crippen molar-refractivity contribution in [3.8, 4) is 11.1 Å². The molecular weight excluding hydrogens is 396 g/mol. The van der Waals surface area contributed by atoms with Crippen molar-refractivity contribution in [1.29, 1.82) is 0 Å². The average Bonchev–Trinajstić information content (AvgIpc) is 3.63. The summed E-state index contributed by atoms with van der Waals surface area (Å²) in [5, 5.41) is 0. The number of carbonyl (C=O) groups excluding carboxylic acids is 1. The van der Waals surface area contributed by atoms with Gasteiger partial charge in [-0.15, -0.1) is 0 Å². The number of fused-ring (bicyclic) bond motifs is 12. The summed E-state index contributed by atoms with van der Waals surface area (Å²) < 4.78 is 12.2. The molecule has 0 aromatic heterocycles. The van der Waals surface area contributed by atoms with Gasteiger partial charge in [0.15, 0.2) is 0 Å². The van der Waals surface area contributed by atoms with Crippen LogP contribution in [-0.4, -0.2) is 19.2 Å². The van der Waals surface area contributed by atoms with Gasteiger partial charge < -0.3 is 9.47 Å². The van der Waals surface area contributed by atoms with Gasteiger partial charge in [0.25, 0.3) is 0 Å². The second-order valence-corrected chi connectivity index (χ2v) is 10.7. The second kappa shape index (κ2) is 6.81. The Kier molecular flexibility index (Phi) is 4.06. The average molecular weight is 427 g/mol. The topological polar surface area (TPSA) is 35.5 Å². The minimum atomic E-state index is -0.505. The normalized spacial score (nSPS) is 36.2. The predicted octanol–water partition coefficient (Wildman–Crippen LogP) is 5.58. The summed E-state index contributed by atoms with van der Waals surface area (Å²) in [6, 6.07) is 16.9. The van der Waals surface area contributed by atoms with E-state index < -0.39 is 5.60 Å². The van der Waals surface area contributed by atoms with E-state index in [-0.39, 0.29) is 11.9 Å². The Balaban J connectivity index is 1.01. The van der Waals surface area contributed by atoms with Crippen molar-refractivity contribution in [3.63, 3.8) is 0 Å². The van der Waals surface area contributed by atoms with E-state index in [1.165, 1.54) is 35.1 Å². The molecule has 0 N–H and O–H groups in total. The van der Waals surface area contributed by atoms with Crippen LogP contribution in [0.3, 0.4) is 0 Å². The maximum atomic E-state index is 13.0. The first kappa shape index (κ1) is 19.1. The van der Waals surface area contributed by atoms with Crippen molar-refractivity contribution in [2.75, 3.05) is 13.2 Å². The third-order valence-corrected chi connectivity index (χ3v) is 9.46. The van der Waals surface area contributed by atoms with Crippen LogP contribution < -0.4 is 0 Å². The summed E-state index contributed by atoms with van der Waals surface area (Å²) in [5.41, 5.74) is 4.35. The Morgan fingerprint density at radius 2 is 1.53 bits per heavy atom. The Bertz CT molecular complexity index is 1070. The number of hydrogen-bond acceptors (Lipinski definition) is 3. The van der Waals surface area contributed by atoms with Crippen LogP contribution in [0.5, 0.6) is 0 Å². The number of benzene rings is 2. The monoisotopic (exact) mass is 426 g/mol. The minimum Gasteiger partial charge on any atom is -0.463 e. The molecule has 164 valence electrons. The highest BCUT2D eigenvalue weighted by molar-refractivity contribution is 5.80. The maximum Gasteiger partial charge on any atom is 0.309 e.